The molecule has 0 spiro atoms. The molecule has 4 rings (SSSR count). The van der Waals surface area contributed by atoms with Gasteiger partial charge in [-0.25, -0.2) is 4.98 Å². The van der Waals surface area contributed by atoms with E-state index in [9.17, 15) is 4.79 Å². The normalized spacial score (nSPS) is 11.0. The second kappa shape index (κ2) is 8.64. The maximum Gasteiger partial charge on any atom is 0.255 e. The largest absolute Gasteiger partial charge is 0.494 e. The molecule has 5 nitrogen and oxygen atoms in total. The van der Waals surface area contributed by atoms with Gasteiger partial charge < -0.3 is 14.5 Å². The van der Waals surface area contributed by atoms with E-state index in [1.807, 2.05) is 64.1 Å². The van der Waals surface area contributed by atoms with Gasteiger partial charge in [0.15, 0.2) is 5.58 Å². The van der Waals surface area contributed by atoms with Crippen LogP contribution in [0.5, 0.6) is 5.75 Å². The van der Waals surface area contributed by atoms with Crippen LogP contribution in [0, 0.1) is 20.8 Å². The second-order valence-electron chi connectivity index (χ2n) is 7.81. The SMILES string of the molecule is CCCOc1cccc(C(=O)Nc2cc(-c3nc4cc(C)cc(C)c4o3)ccc2C)c1. The van der Waals surface area contributed by atoms with Crippen molar-refractivity contribution in [1.82, 2.24) is 4.98 Å². The number of rotatable bonds is 6. The lowest BCUT2D eigenvalue weighted by Crippen LogP contribution is -2.13. The number of oxazole rings is 1. The van der Waals surface area contributed by atoms with E-state index in [1.54, 1.807) is 12.1 Å². The summed E-state index contributed by atoms with van der Waals surface area (Å²) in [5, 5.41) is 3.01. The fourth-order valence-corrected chi connectivity index (χ4v) is 3.53. The van der Waals surface area contributed by atoms with Crippen molar-refractivity contribution in [3.05, 3.63) is 76.9 Å². The lowest BCUT2D eigenvalue weighted by atomic mass is 10.1. The molecule has 0 bridgehead atoms. The quantitative estimate of drug-likeness (QED) is 0.393. The first-order valence-electron chi connectivity index (χ1n) is 10.5. The first kappa shape index (κ1) is 20.7. The van der Waals surface area contributed by atoms with Crippen LogP contribution in [0.1, 0.15) is 40.4 Å². The summed E-state index contributed by atoms with van der Waals surface area (Å²) < 4.78 is 11.7. The molecular weight excluding hydrogens is 388 g/mol. The van der Waals surface area contributed by atoms with Crippen molar-refractivity contribution >= 4 is 22.7 Å². The number of anilines is 1. The van der Waals surface area contributed by atoms with Gasteiger partial charge in [-0.05, 0) is 80.3 Å². The molecule has 0 saturated carbocycles. The van der Waals surface area contributed by atoms with E-state index in [0.717, 1.165) is 45.5 Å². The van der Waals surface area contributed by atoms with Gasteiger partial charge in [0.1, 0.15) is 11.3 Å². The van der Waals surface area contributed by atoms with E-state index < -0.39 is 0 Å². The monoisotopic (exact) mass is 414 g/mol. The van der Waals surface area contributed by atoms with Crippen LogP contribution in [-0.4, -0.2) is 17.5 Å². The van der Waals surface area contributed by atoms with Gasteiger partial charge >= 0.3 is 0 Å². The van der Waals surface area contributed by atoms with Crippen LogP contribution in [-0.2, 0) is 0 Å². The topological polar surface area (TPSA) is 64.4 Å². The van der Waals surface area contributed by atoms with E-state index in [1.165, 1.54) is 0 Å². The highest BCUT2D eigenvalue weighted by molar-refractivity contribution is 6.05. The molecule has 1 aromatic heterocycles. The number of carbonyl (C=O) groups excluding carboxylic acids is 1. The average molecular weight is 415 g/mol. The van der Waals surface area contributed by atoms with Crippen LogP contribution in [0.25, 0.3) is 22.6 Å². The summed E-state index contributed by atoms with van der Waals surface area (Å²) in [6, 6.07) is 17.1. The molecule has 0 saturated heterocycles. The van der Waals surface area contributed by atoms with Gasteiger partial charge in [-0.3, -0.25) is 4.79 Å². The Morgan fingerprint density at radius 2 is 1.87 bits per heavy atom. The summed E-state index contributed by atoms with van der Waals surface area (Å²) in [5.41, 5.74) is 6.86. The van der Waals surface area contributed by atoms with Gasteiger partial charge in [0.25, 0.3) is 5.91 Å². The van der Waals surface area contributed by atoms with Gasteiger partial charge in [-0.1, -0.05) is 25.1 Å². The number of carbonyl (C=O) groups is 1. The van der Waals surface area contributed by atoms with Gasteiger partial charge in [0.2, 0.25) is 5.89 Å². The minimum Gasteiger partial charge on any atom is -0.494 e. The minimum absolute atomic E-state index is 0.189. The molecule has 0 aliphatic heterocycles. The number of aromatic nitrogens is 1. The number of hydrogen-bond acceptors (Lipinski definition) is 4. The van der Waals surface area contributed by atoms with Crippen molar-refractivity contribution < 1.29 is 13.9 Å². The maximum atomic E-state index is 12.9. The molecule has 1 N–H and O–H groups in total. The molecule has 5 heteroatoms. The Morgan fingerprint density at radius 1 is 1.03 bits per heavy atom. The molecule has 1 heterocycles. The molecule has 31 heavy (non-hydrogen) atoms. The highest BCUT2D eigenvalue weighted by Crippen LogP contribution is 2.30. The third-order valence-electron chi connectivity index (χ3n) is 5.12. The van der Waals surface area contributed by atoms with Crippen LogP contribution in [0.3, 0.4) is 0 Å². The molecule has 158 valence electrons. The Kier molecular flexibility index (Phi) is 5.76. The fourth-order valence-electron chi connectivity index (χ4n) is 3.53. The van der Waals surface area contributed by atoms with E-state index >= 15 is 0 Å². The summed E-state index contributed by atoms with van der Waals surface area (Å²) in [6.07, 6.45) is 0.914. The summed E-state index contributed by atoms with van der Waals surface area (Å²) in [6.45, 7) is 8.69. The standard InChI is InChI=1S/C26H26N2O3/c1-5-11-30-21-8-6-7-19(14-21)25(29)27-22-15-20(10-9-17(22)3)26-28-23-13-16(2)12-18(4)24(23)31-26/h6-10,12-15H,5,11H2,1-4H3,(H,27,29). The van der Waals surface area contributed by atoms with Gasteiger partial charge in [-0.2, -0.15) is 0 Å². The molecule has 0 fully saturated rings. The molecule has 3 aromatic carbocycles. The third kappa shape index (κ3) is 4.45. The third-order valence-corrected chi connectivity index (χ3v) is 5.12. The highest BCUT2D eigenvalue weighted by Gasteiger charge is 2.14. The summed E-state index contributed by atoms with van der Waals surface area (Å²) in [7, 11) is 0. The van der Waals surface area contributed by atoms with E-state index in [4.69, 9.17) is 9.15 Å². The van der Waals surface area contributed by atoms with E-state index in [0.29, 0.717) is 23.8 Å². The van der Waals surface area contributed by atoms with Crippen molar-refractivity contribution in [3.63, 3.8) is 0 Å². The minimum atomic E-state index is -0.189. The molecule has 0 aliphatic rings. The van der Waals surface area contributed by atoms with Gasteiger partial charge in [0.05, 0.1) is 6.61 Å². The second-order valence-corrected chi connectivity index (χ2v) is 7.81. The van der Waals surface area contributed by atoms with Crippen LogP contribution in [0.15, 0.2) is 59.0 Å². The molecule has 4 aromatic rings. The average Bonchev–Trinajstić information content (AvgIpc) is 3.18. The van der Waals surface area contributed by atoms with E-state index in [2.05, 4.69) is 16.4 Å². The predicted octanol–water partition coefficient (Wildman–Crippen LogP) is 6.46. The number of benzene rings is 3. The molecule has 0 radical (unpaired) electrons. The molecule has 1 amide bonds. The van der Waals surface area contributed by atoms with Crippen LogP contribution in [0.2, 0.25) is 0 Å². The summed E-state index contributed by atoms with van der Waals surface area (Å²) >= 11 is 0. The Labute approximate surface area is 182 Å². The van der Waals surface area contributed by atoms with Crippen molar-refractivity contribution in [3.8, 4) is 17.2 Å². The van der Waals surface area contributed by atoms with Crippen molar-refractivity contribution in [2.24, 2.45) is 0 Å². The van der Waals surface area contributed by atoms with Gasteiger partial charge in [-0.15, -0.1) is 0 Å². The summed E-state index contributed by atoms with van der Waals surface area (Å²) in [5.74, 6) is 1.04. The lowest BCUT2D eigenvalue weighted by Gasteiger charge is -2.11. The number of amides is 1. The van der Waals surface area contributed by atoms with Crippen LogP contribution < -0.4 is 10.1 Å². The van der Waals surface area contributed by atoms with Crippen molar-refractivity contribution in [2.45, 2.75) is 34.1 Å². The zero-order valence-corrected chi connectivity index (χ0v) is 18.3. The van der Waals surface area contributed by atoms with Crippen molar-refractivity contribution in [2.75, 3.05) is 11.9 Å². The van der Waals surface area contributed by atoms with E-state index in [-0.39, 0.29) is 5.91 Å². The Bertz CT molecular complexity index is 1260. The van der Waals surface area contributed by atoms with Crippen LogP contribution >= 0.6 is 0 Å². The molecule has 0 atom stereocenters. The number of nitrogens with one attached hydrogen (secondary N) is 1. The number of aryl methyl sites for hydroxylation is 3. The zero-order chi connectivity index (χ0) is 22.0. The number of fused-ring (bicyclic) bond motifs is 1. The maximum absolute atomic E-state index is 12.9. The fraction of sp³-hybridized carbons (Fsp3) is 0.231. The van der Waals surface area contributed by atoms with Crippen molar-refractivity contribution in [1.29, 1.82) is 0 Å². The number of ether oxygens (including phenoxy) is 1. The first-order valence-corrected chi connectivity index (χ1v) is 10.5. The summed E-state index contributed by atoms with van der Waals surface area (Å²) in [4.78, 5) is 17.5. The smallest absolute Gasteiger partial charge is 0.255 e. The molecular formula is C26H26N2O3. The zero-order valence-electron chi connectivity index (χ0n) is 18.3. The van der Waals surface area contributed by atoms with Gasteiger partial charge in [0, 0.05) is 16.8 Å². The molecule has 0 aliphatic carbocycles. The highest BCUT2D eigenvalue weighted by atomic mass is 16.5. The predicted molar refractivity (Wildman–Crippen MR) is 124 cm³/mol. The first-order chi connectivity index (χ1) is 14.9. The number of nitrogens with zero attached hydrogens (tertiary/aromatic N) is 1. The Balaban J connectivity index is 1.61. The lowest BCUT2D eigenvalue weighted by molar-refractivity contribution is 0.102. The molecule has 0 unspecified atom stereocenters. The number of hydrogen-bond donors (Lipinski definition) is 1. The Hall–Kier alpha value is -3.60. The Morgan fingerprint density at radius 3 is 2.68 bits per heavy atom. The van der Waals surface area contributed by atoms with Crippen LogP contribution in [0.4, 0.5) is 5.69 Å².